The smallest absolute Gasteiger partial charge is 0.213 e. The molecule has 7 heteroatoms. The zero-order valence-corrected chi connectivity index (χ0v) is 22.7. The lowest BCUT2D eigenvalue weighted by molar-refractivity contribution is 0.589. The summed E-state index contributed by atoms with van der Waals surface area (Å²) in [6.45, 7) is 0. The number of aromatic nitrogens is 6. The zero-order valence-electron chi connectivity index (χ0n) is 22.7. The molecule has 202 valence electrons. The van der Waals surface area contributed by atoms with Gasteiger partial charge in [0.15, 0.2) is 5.82 Å². The second-order valence-electron chi connectivity index (χ2n) is 10.2. The van der Waals surface area contributed by atoms with Crippen LogP contribution in [0.2, 0.25) is 0 Å². The molecule has 0 fully saturated rings. The third-order valence-electron chi connectivity index (χ3n) is 7.50. The molecule has 43 heavy (non-hydrogen) atoms. The van der Waals surface area contributed by atoms with E-state index in [1.807, 2.05) is 78.9 Å². The predicted molar refractivity (Wildman–Crippen MR) is 167 cm³/mol. The average Bonchev–Trinajstić information content (AvgIpc) is 3.08. The number of halogens is 1. The van der Waals surface area contributed by atoms with E-state index in [4.69, 9.17) is 15.0 Å². The molecular weight excluding hydrogens is 535 g/mol. The largest absolute Gasteiger partial charge is 0.255 e. The highest BCUT2D eigenvalue weighted by molar-refractivity contribution is 6.03. The van der Waals surface area contributed by atoms with Crippen molar-refractivity contribution in [3.05, 3.63) is 134 Å². The van der Waals surface area contributed by atoms with E-state index in [0.717, 1.165) is 55.4 Å². The Balaban J connectivity index is 1.20. The van der Waals surface area contributed by atoms with Crippen molar-refractivity contribution in [3.8, 4) is 45.3 Å². The highest BCUT2D eigenvalue weighted by atomic mass is 19.1. The van der Waals surface area contributed by atoms with Gasteiger partial charge in [0.2, 0.25) is 5.95 Å². The van der Waals surface area contributed by atoms with E-state index in [1.165, 1.54) is 6.07 Å². The van der Waals surface area contributed by atoms with Crippen LogP contribution in [-0.4, -0.2) is 29.9 Å². The number of fused-ring (bicyclic) bond motifs is 4. The molecule has 0 saturated heterocycles. The lowest BCUT2D eigenvalue weighted by Gasteiger charge is -2.11. The van der Waals surface area contributed by atoms with Gasteiger partial charge in [-0.05, 0) is 65.7 Å². The molecule has 0 N–H and O–H groups in total. The number of nitrogens with zero attached hydrogens (tertiary/aromatic N) is 6. The topological polar surface area (TPSA) is 77.3 Å². The molecule has 0 atom stereocenters. The molecule has 0 radical (unpaired) electrons. The number of rotatable bonds is 4. The summed E-state index contributed by atoms with van der Waals surface area (Å²) >= 11 is 0. The second kappa shape index (κ2) is 10.2. The van der Waals surface area contributed by atoms with E-state index in [9.17, 15) is 4.39 Å². The maximum Gasteiger partial charge on any atom is 0.213 e. The Labute approximate surface area is 245 Å². The van der Waals surface area contributed by atoms with E-state index >= 15 is 0 Å². The SMILES string of the molecule is Fc1ccc2ccc3ccc(-c4ccc(-c5ccc6nc(-c7ccccn7)nc(-c7ccccn7)c6c5)cc4)nc3c2n1. The summed E-state index contributed by atoms with van der Waals surface area (Å²) in [7, 11) is 0. The molecule has 8 rings (SSSR count). The summed E-state index contributed by atoms with van der Waals surface area (Å²) in [5.41, 5.74) is 8.10. The fraction of sp³-hybridized carbons (Fsp3) is 0. The van der Waals surface area contributed by atoms with Crippen molar-refractivity contribution >= 4 is 32.7 Å². The first-order valence-electron chi connectivity index (χ1n) is 13.8. The normalized spacial score (nSPS) is 11.4. The lowest BCUT2D eigenvalue weighted by atomic mass is 9.99. The monoisotopic (exact) mass is 556 g/mol. The predicted octanol–water partition coefficient (Wildman–Crippen LogP) is 8.32. The van der Waals surface area contributed by atoms with Crippen LogP contribution in [0.3, 0.4) is 0 Å². The number of pyridine rings is 4. The van der Waals surface area contributed by atoms with Crippen LogP contribution in [0.1, 0.15) is 0 Å². The van der Waals surface area contributed by atoms with Gasteiger partial charge >= 0.3 is 0 Å². The first-order chi connectivity index (χ1) is 21.2. The van der Waals surface area contributed by atoms with E-state index in [1.54, 1.807) is 18.5 Å². The molecule has 0 bridgehead atoms. The fourth-order valence-electron chi connectivity index (χ4n) is 5.35. The van der Waals surface area contributed by atoms with Gasteiger partial charge in [0.25, 0.3) is 0 Å². The molecule has 0 amide bonds. The summed E-state index contributed by atoms with van der Waals surface area (Å²) < 4.78 is 14.0. The van der Waals surface area contributed by atoms with Crippen LogP contribution < -0.4 is 0 Å². The van der Waals surface area contributed by atoms with Gasteiger partial charge in [-0.2, -0.15) is 4.39 Å². The first kappa shape index (κ1) is 24.8. The van der Waals surface area contributed by atoms with Gasteiger partial charge in [-0.3, -0.25) is 9.97 Å². The van der Waals surface area contributed by atoms with Crippen LogP contribution in [0.25, 0.3) is 78.0 Å². The molecule has 0 aliphatic carbocycles. The average molecular weight is 557 g/mol. The minimum atomic E-state index is -0.517. The van der Waals surface area contributed by atoms with Gasteiger partial charge in [-0.25, -0.2) is 19.9 Å². The fourth-order valence-corrected chi connectivity index (χ4v) is 5.35. The zero-order chi connectivity index (χ0) is 28.8. The van der Waals surface area contributed by atoms with Crippen LogP contribution >= 0.6 is 0 Å². The Morgan fingerprint density at radius 1 is 0.465 bits per heavy atom. The van der Waals surface area contributed by atoms with Crippen molar-refractivity contribution in [1.82, 2.24) is 29.9 Å². The Bertz CT molecular complexity index is 2290. The van der Waals surface area contributed by atoms with Crippen LogP contribution in [0, 0.1) is 5.95 Å². The Kier molecular flexibility index (Phi) is 5.86. The quantitative estimate of drug-likeness (QED) is 0.160. The van der Waals surface area contributed by atoms with Crippen LogP contribution in [0.15, 0.2) is 128 Å². The lowest BCUT2D eigenvalue weighted by Crippen LogP contribution is -1.97. The van der Waals surface area contributed by atoms with E-state index in [2.05, 4.69) is 39.2 Å². The molecule has 6 nitrogen and oxygen atoms in total. The number of hydrogen-bond acceptors (Lipinski definition) is 6. The number of hydrogen-bond donors (Lipinski definition) is 0. The van der Waals surface area contributed by atoms with Crippen molar-refractivity contribution in [2.75, 3.05) is 0 Å². The minimum Gasteiger partial charge on any atom is -0.255 e. The number of benzene rings is 3. The molecule has 5 aromatic heterocycles. The van der Waals surface area contributed by atoms with E-state index < -0.39 is 5.95 Å². The van der Waals surface area contributed by atoms with Crippen molar-refractivity contribution in [3.63, 3.8) is 0 Å². The van der Waals surface area contributed by atoms with Gasteiger partial charge in [0.05, 0.1) is 27.9 Å². The highest BCUT2D eigenvalue weighted by Crippen LogP contribution is 2.33. The van der Waals surface area contributed by atoms with Gasteiger partial charge in [-0.15, -0.1) is 0 Å². The van der Waals surface area contributed by atoms with E-state index in [-0.39, 0.29) is 0 Å². The van der Waals surface area contributed by atoms with Gasteiger partial charge in [0.1, 0.15) is 11.4 Å². The van der Waals surface area contributed by atoms with Gasteiger partial charge in [-0.1, -0.05) is 60.7 Å². The summed E-state index contributed by atoms with van der Waals surface area (Å²) in [6, 6.07) is 36.9. The van der Waals surface area contributed by atoms with Gasteiger partial charge < -0.3 is 0 Å². The first-order valence-corrected chi connectivity index (χ1v) is 13.8. The minimum absolute atomic E-state index is 0.517. The van der Waals surface area contributed by atoms with E-state index in [0.29, 0.717) is 22.6 Å². The third-order valence-corrected chi connectivity index (χ3v) is 7.50. The molecule has 0 aliphatic heterocycles. The van der Waals surface area contributed by atoms with Crippen molar-refractivity contribution < 1.29 is 4.39 Å². The summed E-state index contributed by atoms with van der Waals surface area (Å²) in [5, 5.41) is 2.67. The van der Waals surface area contributed by atoms with Crippen LogP contribution in [0.4, 0.5) is 4.39 Å². The third kappa shape index (κ3) is 4.53. The summed E-state index contributed by atoms with van der Waals surface area (Å²) in [4.78, 5) is 27.8. The van der Waals surface area contributed by atoms with Gasteiger partial charge in [0, 0.05) is 34.1 Å². The van der Waals surface area contributed by atoms with Crippen molar-refractivity contribution in [1.29, 1.82) is 0 Å². The molecule has 0 unspecified atom stereocenters. The molecule has 3 aromatic carbocycles. The molecule has 0 aliphatic rings. The molecule has 8 aromatic rings. The Morgan fingerprint density at radius 3 is 1.86 bits per heavy atom. The van der Waals surface area contributed by atoms with Crippen molar-refractivity contribution in [2.24, 2.45) is 0 Å². The standard InChI is InChI=1S/C36H21FN6/c37-32-18-15-25-12-11-24-13-16-28(40-33(24)34(25)42-32)23-9-7-22(8-10-23)26-14-17-29-27(21-26)35(30-5-1-3-19-38-30)43-36(41-29)31-6-2-4-20-39-31/h1-21H. The summed E-state index contributed by atoms with van der Waals surface area (Å²) in [6.07, 6.45) is 3.50. The van der Waals surface area contributed by atoms with Crippen LogP contribution in [0.5, 0.6) is 0 Å². The van der Waals surface area contributed by atoms with Crippen molar-refractivity contribution in [2.45, 2.75) is 0 Å². The molecule has 0 saturated carbocycles. The maximum absolute atomic E-state index is 14.0. The van der Waals surface area contributed by atoms with Crippen LogP contribution in [-0.2, 0) is 0 Å². The second-order valence-corrected chi connectivity index (χ2v) is 10.2. The Hall–Kier alpha value is -5.95. The molecular formula is C36H21FN6. The maximum atomic E-state index is 14.0. The summed E-state index contributed by atoms with van der Waals surface area (Å²) in [5.74, 6) is 0.0379. The highest BCUT2D eigenvalue weighted by Gasteiger charge is 2.14. The molecule has 0 spiro atoms. The molecule has 5 heterocycles. The Morgan fingerprint density at radius 2 is 1.12 bits per heavy atom.